The van der Waals surface area contributed by atoms with Gasteiger partial charge in [-0.15, -0.1) is 0 Å². The number of nitrogens with zero attached hydrogens (tertiary/aromatic N) is 3. The molecular weight excluding hydrogens is 394 g/mol. The minimum atomic E-state index is -0.387. The van der Waals surface area contributed by atoms with Crippen molar-refractivity contribution < 1.29 is 14.1 Å². The molecule has 31 heavy (non-hydrogen) atoms. The first-order valence-corrected chi connectivity index (χ1v) is 10.3. The van der Waals surface area contributed by atoms with E-state index in [1.54, 1.807) is 24.3 Å². The predicted molar refractivity (Wildman–Crippen MR) is 117 cm³/mol. The third-order valence-electron chi connectivity index (χ3n) is 4.85. The van der Waals surface area contributed by atoms with Crippen molar-refractivity contribution in [2.75, 3.05) is 11.9 Å². The number of aromatic nitrogens is 3. The van der Waals surface area contributed by atoms with E-state index in [-0.39, 0.29) is 17.5 Å². The summed E-state index contributed by atoms with van der Waals surface area (Å²) in [5, 5.41) is 10.3. The van der Waals surface area contributed by atoms with Gasteiger partial charge in [-0.05, 0) is 23.8 Å². The van der Waals surface area contributed by atoms with Crippen molar-refractivity contribution in [3.63, 3.8) is 0 Å². The number of fused-ring (bicyclic) bond motifs is 3. The van der Waals surface area contributed by atoms with E-state index < -0.39 is 0 Å². The highest BCUT2D eigenvalue weighted by molar-refractivity contribution is 6.04. The molecule has 8 heteroatoms. The normalized spacial score (nSPS) is 12.5. The van der Waals surface area contributed by atoms with Crippen LogP contribution in [0.15, 0.2) is 59.1 Å². The zero-order chi connectivity index (χ0) is 21.8. The number of carbonyl (C=O) groups excluding carboxylic acids is 2. The zero-order valence-corrected chi connectivity index (χ0v) is 17.4. The standard InChI is InChI=1S/C21H17N5O3.C2H6/c27-20(24-18-12-15(29-25-18)10-13-4-2-1-3-5-13)16-7-6-14-11-17-21(28)22-8-9-26(17)19(14)23-16;1-2/h1-7,11-12H,8-10H2,(H,22,28)(H,24,25,27);1-2H3. The second-order valence-corrected chi connectivity index (χ2v) is 6.84. The molecule has 1 aliphatic heterocycles. The van der Waals surface area contributed by atoms with E-state index in [2.05, 4.69) is 20.8 Å². The number of carbonyl (C=O) groups is 2. The molecule has 2 N–H and O–H groups in total. The Bertz CT molecular complexity index is 1230. The minimum Gasteiger partial charge on any atom is -0.359 e. The Morgan fingerprint density at radius 2 is 1.97 bits per heavy atom. The van der Waals surface area contributed by atoms with Gasteiger partial charge in [0.1, 0.15) is 22.8 Å². The molecule has 1 aliphatic rings. The van der Waals surface area contributed by atoms with Crippen LogP contribution in [0.3, 0.4) is 0 Å². The lowest BCUT2D eigenvalue weighted by Gasteiger charge is -2.16. The van der Waals surface area contributed by atoms with Crippen LogP contribution in [0.5, 0.6) is 0 Å². The van der Waals surface area contributed by atoms with Crippen molar-refractivity contribution in [2.45, 2.75) is 26.8 Å². The lowest BCUT2D eigenvalue weighted by molar-refractivity contribution is 0.0928. The molecule has 0 saturated carbocycles. The predicted octanol–water partition coefficient (Wildman–Crippen LogP) is 3.64. The number of amides is 2. The smallest absolute Gasteiger partial charge is 0.275 e. The molecule has 4 heterocycles. The van der Waals surface area contributed by atoms with Crippen molar-refractivity contribution >= 4 is 28.7 Å². The molecule has 2 amide bonds. The zero-order valence-electron chi connectivity index (χ0n) is 17.4. The molecular formula is C23H23N5O3. The van der Waals surface area contributed by atoms with Gasteiger partial charge in [0.2, 0.25) is 0 Å². The molecule has 0 spiro atoms. The van der Waals surface area contributed by atoms with Gasteiger partial charge < -0.3 is 19.7 Å². The molecule has 8 nitrogen and oxygen atoms in total. The summed E-state index contributed by atoms with van der Waals surface area (Å²) in [4.78, 5) is 29.1. The first-order chi connectivity index (χ1) is 15.2. The summed E-state index contributed by atoms with van der Waals surface area (Å²) in [6, 6.07) is 16.8. The maximum atomic E-state index is 12.6. The van der Waals surface area contributed by atoms with Gasteiger partial charge in [-0.3, -0.25) is 9.59 Å². The molecule has 158 valence electrons. The molecule has 0 aliphatic carbocycles. The van der Waals surface area contributed by atoms with Crippen molar-refractivity contribution in [2.24, 2.45) is 0 Å². The van der Waals surface area contributed by atoms with Gasteiger partial charge in [-0.1, -0.05) is 49.3 Å². The van der Waals surface area contributed by atoms with Crippen LogP contribution in [0.25, 0.3) is 11.0 Å². The fourth-order valence-electron chi connectivity index (χ4n) is 3.47. The third kappa shape index (κ3) is 4.18. The average molecular weight is 417 g/mol. The van der Waals surface area contributed by atoms with Crippen molar-refractivity contribution in [1.82, 2.24) is 20.0 Å². The number of pyridine rings is 1. The second kappa shape index (κ2) is 8.83. The van der Waals surface area contributed by atoms with Crippen LogP contribution in [0.2, 0.25) is 0 Å². The topological polar surface area (TPSA) is 102 Å². The van der Waals surface area contributed by atoms with Gasteiger partial charge in [-0.2, -0.15) is 0 Å². The van der Waals surface area contributed by atoms with Gasteiger partial charge in [0.05, 0.1) is 0 Å². The van der Waals surface area contributed by atoms with Crippen LogP contribution in [0.4, 0.5) is 5.82 Å². The fraction of sp³-hybridized carbons (Fsp3) is 0.217. The van der Waals surface area contributed by atoms with Gasteiger partial charge in [-0.25, -0.2) is 4.98 Å². The first-order valence-electron chi connectivity index (χ1n) is 10.3. The van der Waals surface area contributed by atoms with Crippen LogP contribution in [-0.4, -0.2) is 33.1 Å². The van der Waals surface area contributed by atoms with Crippen molar-refractivity contribution in [3.05, 3.63) is 77.3 Å². The summed E-state index contributed by atoms with van der Waals surface area (Å²) in [6.45, 7) is 5.16. The average Bonchev–Trinajstić information content (AvgIpc) is 3.40. The quantitative estimate of drug-likeness (QED) is 0.528. The highest BCUT2D eigenvalue weighted by atomic mass is 16.5. The molecule has 0 fully saturated rings. The molecule has 0 saturated heterocycles. The van der Waals surface area contributed by atoms with Gasteiger partial charge in [0, 0.05) is 31.0 Å². The fourth-order valence-corrected chi connectivity index (χ4v) is 3.47. The molecule has 0 radical (unpaired) electrons. The lowest BCUT2D eigenvalue weighted by Crippen LogP contribution is -2.35. The van der Waals surface area contributed by atoms with E-state index in [9.17, 15) is 9.59 Å². The summed E-state index contributed by atoms with van der Waals surface area (Å²) in [6.07, 6.45) is 0.590. The molecule has 0 unspecified atom stereocenters. The number of hydrogen-bond acceptors (Lipinski definition) is 5. The van der Waals surface area contributed by atoms with Crippen LogP contribution >= 0.6 is 0 Å². The Morgan fingerprint density at radius 3 is 2.77 bits per heavy atom. The van der Waals surface area contributed by atoms with E-state index in [1.807, 2.05) is 48.7 Å². The van der Waals surface area contributed by atoms with Crippen LogP contribution in [0, 0.1) is 0 Å². The Labute approximate surface area is 179 Å². The molecule has 4 aromatic rings. The van der Waals surface area contributed by atoms with E-state index in [0.717, 1.165) is 10.9 Å². The van der Waals surface area contributed by atoms with E-state index in [1.165, 1.54) is 0 Å². The van der Waals surface area contributed by atoms with Crippen molar-refractivity contribution in [1.29, 1.82) is 0 Å². The molecule has 3 aromatic heterocycles. The maximum absolute atomic E-state index is 12.6. The SMILES string of the molecule is CC.O=C(Nc1cc(Cc2ccccc2)on1)c1ccc2cc3n(c2n1)CCNC3=O. The highest BCUT2D eigenvalue weighted by Gasteiger charge is 2.21. The Kier molecular flexibility index (Phi) is 5.79. The molecule has 1 aromatic carbocycles. The van der Waals surface area contributed by atoms with E-state index in [4.69, 9.17) is 4.52 Å². The second-order valence-electron chi connectivity index (χ2n) is 6.84. The summed E-state index contributed by atoms with van der Waals surface area (Å²) in [5.74, 6) is 0.469. The van der Waals surface area contributed by atoms with Gasteiger partial charge >= 0.3 is 0 Å². The molecule has 0 atom stereocenters. The number of benzene rings is 1. The maximum Gasteiger partial charge on any atom is 0.275 e. The number of hydrogen-bond donors (Lipinski definition) is 2. The van der Waals surface area contributed by atoms with E-state index in [0.29, 0.717) is 42.4 Å². The monoisotopic (exact) mass is 417 g/mol. The molecule has 0 bridgehead atoms. The summed E-state index contributed by atoms with van der Waals surface area (Å²) in [7, 11) is 0. The number of nitrogens with one attached hydrogen (secondary N) is 2. The third-order valence-corrected chi connectivity index (χ3v) is 4.85. The number of anilines is 1. The number of rotatable bonds is 4. The van der Waals surface area contributed by atoms with Crippen LogP contribution < -0.4 is 10.6 Å². The highest BCUT2D eigenvalue weighted by Crippen LogP contribution is 2.21. The summed E-state index contributed by atoms with van der Waals surface area (Å²) in [5.41, 5.74) is 2.51. The van der Waals surface area contributed by atoms with Crippen LogP contribution in [0.1, 0.15) is 46.1 Å². The summed E-state index contributed by atoms with van der Waals surface area (Å²) >= 11 is 0. The molecule has 5 rings (SSSR count). The first kappa shape index (κ1) is 20.3. The van der Waals surface area contributed by atoms with E-state index >= 15 is 0 Å². The minimum absolute atomic E-state index is 0.131. The van der Waals surface area contributed by atoms with Crippen LogP contribution in [-0.2, 0) is 13.0 Å². The Hall–Kier alpha value is -3.94. The Morgan fingerprint density at radius 1 is 1.16 bits per heavy atom. The Balaban J connectivity index is 0.00000112. The van der Waals surface area contributed by atoms with Gasteiger partial charge in [0.15, 0.2) is 5.82 Å². The summed E-state index contributed by atoms with van der Waals surface area (Å²) < 4.78 is 7.15. The van der Waals surface area contributed by atoms with Gasteiger partial charge in [0.25, 0.3) is 11.8 Å². The van der Waals surface area contributed by atoms with Crippen molar-refractivity contribution in [3.8, 4) is 0 Å². The lowest BCUT2D eigenvalue weighted by atomic mass is 10.1. The largest absolute Gasteiger partial charge is 0.359 e.